The molecule has 0 spiro atoms. The first-order chi connectivity index (χ1) is 9.11. The van der Waals surface area contributed by atoms with Crippen LogP contribution in [0.25, 0.3) is 0 Å². The van der Waals surface area contributed by atoms with Crippen molar-refractivity contribution in [1.29, 1.82) is 0 Å². The fraction of sp³-hybridized carbons (Fsp3) is 0.467. The van der Waals surface area contributed by atoms with Gasteiger partial charge in [-0.15, -0.1) is 0 Å². The van der Waals surface area contributed by atoms with Crippen LogP contribution in [0.3, 0.4) is 0 Å². The Kier molecular flexibility index (Phi) is 4.20. The zero-order valence-corrected chi connectivity index (χ0v) is 11.1. The van der Waals surface area contributed by atoms with Gasteiger partial charge in [0.1, 0.15) is 6.04 Å². The van der Waals surface area contributed by atoms with Gasteiger partial charge in [-0.1, -0.05) is 31.2 Å². The standard InChI is InChI=1S/C15H19NO3/c1-2-13(15(18)19)16-14(17)12-8-7-10-5-3-4-6-11(10)9-12/h3-6,12-13H,2,7-9H2,1H3,(H,16,17)(H,18,19). The van der Waals surface area contributed by atoms with Crippen LogP contribution in [0.2, 0.25) is 0 Å². The van der Waals surface area contributed by atoms with Crippen LogP contribution in [-0.2, 0) is 22.4 Å². The van der Waals surface area contributed by atoms with Crippen molar-refractivity contribution in [2.24, 2.45) is 5.92 Å². The molecule has 102 valence electrons. The quantitative estimate of drug-likeness (QED) is 0.868. The summed E-state index contributed by atoms with van der Waals surface area (Å²) < 4.78 is 0. The van der Waals surface area contributed by atoms with Gasteiger partial charge >= 0.3 is 5.97 Å². The summed E-state index contributed by atoms with van der Waals surface area (Å²) in [4.78, 5) is 23.0. The molecule has 2 N–H and O–H groups in total. The molecule has 1 aliphatic rings. The van der Waals surface area contributed by atoms with Crippen LogP contribution < -0.4 is 5.32 Å². The lowest BCUT2D eigenvalue weighted by Gasteiger charge is -2.25. The van der Waals surface area contributed by atoms with Gasteiger partial charge in [0.05, 0.1) is 0 Å². The first kappa shape index (κ1) is 13.6. The van der Waals surface area contributed by atoms with Gasteiger partial charge in [0.2, 0.25) is 5.91 Å². The summed E-state index contributed by atoms with van der Waals surface area (Å²) in [5, 5.41) is 11.6. The van der Waals surface area contributed by atoms with E-state index in [0.29, 0.717) is 12.8 Å². The second kappa shape index (κ2) is 5.87. The number of carbonyl (C=O) groups excluding carboxylic acids is 1. The molecule has 1 aromatic carbocycles. The molecule has 0 aromatic heterocycles. The van der Waals surface area contributed by atoms with E-state index in [2.05, 4.69) is 11.4 Å². The number of carboxylic acids is 1. The van der Waals surface area contributed by atoms with Gasteiger partial charge in [0.25, 0.3) is 0 Å². The van der Waals surface area contributed by atoms with Crippen molar-refractivity contribution in [2.75, 3.05) is 0 Å². The summed E-state index contributed by atoms with van der Waals surface area (Å²) in [7, 11) is 0. The third kappa shape index (κ3) is 3.13. The first-order valence-corrected chi connectivity index (χ1v) is 6.71. The second-order valence-electron chi connectivity index (χ2n) is 5.02. The number of amides is 1. The van der Waals surface area contributed by atoms with Crippen LogP contribution in [0.4, 0.5) is 0 Å². The molecule has 2 atom stereocenters. The molecule has 19 heavy (non-hydrogen) atoms. The van der Waals surface area contributed by atoms with E-state index in [1.807, 2.05) is 18.2 Å². The largest absolute Gasteiger partial charge is 0.480 e. The molecule has 2 rings (SSSR count). The van der Waals surface area contributed by atoms with Crippen LogP contribution in [-0.4, -0.2) is 23.0 Å². The van der Waals surface area contributed by atoms with Crippen LogP contribution in [0, 0.1) is 5.92 Å². The molecule has 1 aromatic rings. The molecule has 4 heteroatoms. The van der Waals surface area contributed by atoms with Gasteiger partial charge in [-0.05, 0) is 36.8 Å². The minimum absolute atomic E-state index is 0.108. The van der Waals surface area contributed by atoms with Crippen molar-refractivity contribution in [3.8, 4) is 0 Å². The smallest absolute Gasteiger partial charge is 0.326 e. The van der Waals surface area contributed by atoms with Crippen molar-refractivity contribution in [2.45, 2.75) is 38.6 Å². The van der Waals surface area contributed by atoms with E-state index in [1.165, 1.54) is 11.1 Å². The highest BCUT2D eigenvalue weighted by molar-refractivity contribution is 5.85. The number of hydrogen-bond acceptors (Lipinski definition) is 2. The van der Waals surface area contributed by atoms with Gasteiger partial charge in [-0.3, -0.25) is 4.79 Å². The monoisotopic (exact) mass is 261 g/mol. The minimum atomic E-state index is -0.966. The summed E-state index contributed by atoms with van der Waals surface area (Å²) in [6.07, 6.45) is 2.79. The molecule has 1 amide bonds. The van der Waals surface area contributed by atoms with E-state index >= 15 is 0 Å². The zero-order valence-electron chi connectivity index (χ0n) is 11.1. The Morgan fingerprint density at radius 1 is 1.37 bits per heavy atom. The number of nitrogens with one attached hydrogen (secondary N) is 1. The lowest BCUT2D eigenvalue weighted by Crippen LogP contribution is -2.44. The summed E-state index contributed by atoms with van der Waals surface area (Å²) >= 11 is 0. The van der Waals surface area contributed by atoms with Gasteiger partial charge in [0.15, 0.2) is 0 Å². The number of benzene rings is 1. The molecule has 2 unspecified atom stereocenters. The lowest BCUT2D eigenvalue weighted by molar-refractivity contribution is -0.142. The van der Waals surface area contributed by atoms with Gasteiger partial charge in [0, 0.05) is 5.92 Å². The number of aryl methyl sites for hydroxylation is 1. The van der Waals surface area contributed by atoms with Crippen LogP contribution in [0.5, 0.6) is 0 Å². The maximum atomic E-state index is 12.1. The average Bonchev–Trinajstić information content (AvgIpc) is 2.43. The van der Waals surface area contributed by atoms with E-state index in [-0.39, 0.29) is 11.8 Å². The molecule has 0 bridgehead atoms. The normalized spacial score (nSPS) is 19.3. The van der Waals surface area contributed by atoms with Crippen molar-refractivity contribution >= 4 is 11.9 Å². The highest BCUT2D eigenvalue weighted by Crippen LogP contribution is 2.25. The van der Waals surface area contributed by atoms with E-state index in [4.69, 9.17) is 5.11 Å². The third-order valence-electron chi connectivity index (χ3n) is 3.74. The fourth-order valence-electron chi connectivity index (χ4n) is 2.55. The number of carboxylic acid groups (broad SMARTS) is 1. The topological polar surface area (TPSA) is 66.4 Å². The molecular formula is C15H19NO3. The number of hydrogen-bond donors (Lipinski definition) is 2. The van der Waals surface area contributed by atoms with E-state index < -0.39 is 12.0 Å². The van der Waals surface area contributed by atoms with Crippen LogP contribution in [0.15, 0.2) is 24.3 Å². The maximum absolute atomic E-state index is 12.1. The molecule has 0 saturated carbocycles. The predicted octanol–water partition coefficient (Wildman–Crippen LogP) is 1.77. The Morgan fingerprint density at radius 3 is 2.68 bits per heavy atom. The Bertz CT molecular complexity index is 484. The molecular weight excluding hydrogens is 242 g/mol. The van der Waals surface area contributed by atoms with Gasteiger partial charge < -0.3 is 10.4 Å². The van der Waals surface area contributed by atoms with Crippen LogP contribution in [0.1, 0.15) is 30.9 Å². The van der Waals surface area contributed by atoms with Crippen molar-refractivity contribution in [1.82, 2.24) is 5.32 Å². The first-order valence-electron chi connectivity index (χ1n) is 6.71. The highest BCUT2D eigenvalue weighted by Gasteiger charge is 2.27. The molecule has 4 nitrogen and oxygen atoms in total. The third-order valence-corrected chi connectivity index (χ3v) is 3.74. The van der Waals surface area contributed by atoms with Crippen molar-refractivity contribution in [3.63, 3.8) is 0 Å². The maximum Gasteiger partial charge on any atom is 0.326 e. The van der Waals surface area contributed by atoms with Gasteiger partial charge in [-0.25, -0.2) is 4.79 Å². The van der Waals surface area contributed by atoms with Crippen molar-refractivity contribution < 1.29 is 14.7 Å². The Labute approximate surface area is 112 Å². The SMILES string of the molecule is CCC(NC(=O)C1CCc2ccccc2C1)C(=O)O. The minimum Gasteiger partial charge on any atom is -0.480 e. The summed E-state index contributed by atoms with van der Waals surface area (Å²) in [5.74, 6) is -1.21. The number of fused-ring (bicyclic) bond motifs is 1. The van der Waals surface area contributed by atoms with E-state index in [0.717, 1.165) is 12.8 Å². The summed E-state index contributed by atoms with van der Waals surface area (Å²) in [6, 6.07) is 7.35. The van der Waals surface area contributed by atoms with Gasteiger partial charge in [-0.2, -0.15) is 0 Å². The molecule has 0 radical (unpaired) electrons. The second-order valence-corrected chi connectivity index (χ2v) is 5.02. The summed E-state index contributed by atoms with van der Waals surface area (Å²) in [6.45, 7) is 1.76. The molecule has 0 saturated heterocycles. The predicted molar refractivity (Wildman–Crippen MR) is 71.8 cm³/mol. The van der Waals surface area contributed by atoms with Crippen LogP contribution >= 0.6 is 0 Å². The zero-order chi connectivity index (χ0) is 13.8. The Morgan fingerprint density at radius 2 is 2.05 bits per heavy atom. The molecule has 0 aliphatic heterocycles. The Balaban J connectivity index is 2.01. The lowest BCUT2D eigenvalue weighted by atomic mass is 9.83. The average molecular weight is 261 g/mol. The molecule has 1 aliphatic carbocycles. The summed E-state index contributed by atoms with van der Waals surface area (Å²) in [5.41, 5.74) is 2.51. The van der Waals surface area contributed by atoms with Crippen molar-refractivity contribution in [3.05, 3.63) is 35.4 Å². The van der Waals surface area contributed by atoms with E-state index in [9.17, 15) is 9.59 Å². The molecule has 0 fully saturated rings. The van der Waals surface area contributed by atoms with E-state index in [1.54, 1.807) is 6.92 Å². The molecule has 0 heterocycles. The number of rotatable bonds is 4. The highest BCUT2D eigenvalue weighted by atomic mass is 16.4. The number of aliphatic carboxylic acids is 1. The fourth-order valence-corrected chi connectivity index (χ4v) is 2.55. The number of carbonyl (C=O) groups is 2. The Hall–Kier alpha value is -1.84.